The first-order chi connectivity index (χ1) is 9.92. The summed E-state index contributed by atoms with van der Waals surface area (Å²) < 4.78 is 0. The van der Waals surface area contributed by atoms with Crippen LogP contribution in [0.3, 0.4) is 0 Å². The molecule has 0 heterocycles. The van der Waals surface area contributed by atoms with Crippen LogP contribution in [0.1, 0.15) is 71.6 Å². The highest BCUT2D eigenvalue weighted by Crippen LogP contribution is 2.65. The van der Waals surface area contributed by atoms with Crippen LogP contribution in [-0.4, -0.2) is 16.5 Å². The standard InChI is InChI=1S/C19H30O2/c1-18-9-7-15-14-6-4-13(20)11-12(14)3-5-16(15)17(18)8-10-19(18,2)21/h12,14-17,21H,3-11H2,1-2H3/t12-,14?,15?,16?,17?,18?,19+/m1/s1. The molecule has 0 aromatic heterocycles. The number of carbonyl (C=O) groups is 1. The summed E-state index contributed by atoms with van der Waals surface area (Å²) in [5.41, 5.74) is -0.312. The number of hydrogen-bond acceptors (Lipinski definition) is 2. The molecule has 4 saturated carbocycles. The lowest BCUT2D eigenvalue weighted by Crippen LogP contribution is -2.52. The van der Waals surface area contributed by atoms with E-state index in [2.05, 4.69) is 13.8 Å². The topological polar surface area (TPSA) is 37.3 Å². The van der Waals surface area contributed by atoms with Crippen LogP contribution in [0.25, 0.3) is 0 Å². The molecular formula is C19H30O2. The molecule has 0 aromatic carbocycles. The molecule has 0 aromatic rings. The van der Waals surface area contributed by atoms with E-state index in [1.54, 1.807) is 0 Å². The Morgan fingerprint density at radius 1 is 0.952 bits per heavy atom. The normalized spacial score (nSPS) is 56.5. The molecule has 0 bridgehead atoms. The minimum absolute atomic E-state index is 0.144. The van der Waals surface area contributed by atoms with Gasteiger partial charge in [0.15, 0.2) is 0 Å². The second-order valence-corrected chi connectivity index (χ2v) is 8.99. The van der Waals surface area contributed by atoms with Crippen molar-refractivity contribution in [3.63, 3.8) is 0 Å². The number of ketones is 1. The highest BCUT2D eigenvalue weighted by Gasteiger charge is 2.60. The fourth-order valence-corrected chi connectivity index (χ4v) is 6.90. The Bertz CT molecular complexity index is 454. The number of aliphatic hydroxyl groups is 1. The van der Waals surface area contributed by atoms with Crippen molar-refractivity contribution in [2.24, 2.45) is 35.0 Å². The lowest BCUT2D eigenvalue weighted by molar-refractivity contribution is -0.134. The van der Waals surface area contributed by atoms with Crippen molar-refractivity contribution in [3.8, 4) is 0 Å². The highest BCUT2D eigenvalue weighted by atomic mass is 16.3. The largest absolute Gasteiger partial charge is 0.390 e. The number of rotatable bonds is 0. The fourth-order valence-electron chi connectivity index (χ4n) is 6.90. The van der Waals surface area contributed by atoms with E-state index in [9.17, 15) is 9.90 Å². The maximum absolute atomic E-state index is 11.8. The summed E-state index contributed by atoms with van der Waals surface area (Å²) >= 11 is 0. The summed E-state index contributed by atoms with van der Waals surface area (Å²) in [5, 5.41) is 10.9. The quantitative estimate of drug-likeness (QED) is 0.733. The van der Waals surface area contributed by atoms with Gasteiger partial charge in [-0.1, -0.05) is 6.92 Å². The SMILES string of the molecule is CC12CCC3C(CC[C@@H]4CC(=O)CCC34)C1CC[C@]2(C)O. The maximum Gasteiger partial charge on any atom is 0.133 e. The molecule has 2 nitrogen and oxygen atoms in total. The second-order valence-electron chi connectivity index (χ2n) is 8.99. The molecule has 4 fully saturated rings. The van der Waals surface area contributed by atoms with Crippen molar-refractivity contribution in [2.75, 3.05) is 0 Å². The van der Waals surface area contributed by atoms with Crippen LogP contribution >= 0.6 is 0 Å². The van der Waals surface area contributed by atoms with E-state index in [1.807, 2.05) is 0 Å². The van der Waals surface area contributed by atoms with Gasteiger partial charge in [-0.25, -0.2) is 0 Å². The number of hydrogen-bond donors (Lipinski definition) is 1. The van der Waals surface area contributed by atoms with Crippen LogP contribution < -0.4 is 0 Å². The summed E-state index contributed by atoms with van der Waals surface area (Å²) in [7, 11) is 0. The molecule has 0 saturated heterocycles. The predicted molar refractivity (Wildman–Crippen MR) is 82.7 cm³/mol. The van der Waals surface area contributed by atoms with Gasteiger partial charge in [0, 0.05) is 12.8 Å². The van der Waals surface area contributed by atoms with Gasteiger partial charge in [0.1, 0.15) is 5.78 Å². The molecule has 4 aliphatic carbocycles. The first-order valence-corrected chi connectivity index (χ1v) is 9.16. The number of fused-ring (bicyclic) bond motifs is 5. The molecule has 0 aliphatic heterocycles. The molecule has 21 heavy (non-hydrogen) atoms. The predicted octanol–water partition coefficient (Wildman–Crippen LogP) is 3.96. The van der Waals surface area contributed by atoms with E-state index in [0.29, 0.717) is 11.7 Å². The van der Waals surface area contributed by atoms with Crippen molar-refractivity contribution in [2.45, 2.75) is 77.2 Å². The minimum Gasteiger partial charge on any atom is -0.390 e. The molecule has 0 spiro atoms. The van der Waals surface area contributed by atoms with Crippen molar-refractivity contribution in [1.82, 2.24) is 0 Å². The maximum atomic E-state index is 11.8. The summed E-state index contributed by atoms with van der Waals surface area (Å²) in [6, 6.07) is 0. The van der Waals surface area contributed by atoms with E-state index in [-0.39, 0.29) is 5.41 Å². The lowest BCUT2D eigenvalue weighted by Gasteiger charge is -2.56. The van der Waals surface area contributed by atoms with Crippen LogP contribution in [0.4, 0.5) is 0 Å². The van der Waals surface area contributed by atoms with Gasteiger partial charge in [-0.3, -0.25) is 4.79 Å². The smallest absolute Gasteiger partial charge is 0.133 e. The van der Waals surface area contributed by atoms with Crippen LogP contribution in [-0.2, 0) is 4.79 Å². The van der Waals surface area contributed by atoms with Gasteiger partial charge in [-0.15, -0.1) is 0 Å². The van der Waals surface area contributed by atoms with Crippen molar-refractivity contribution in [1.29, 1.82) is 0 Å². The van der Waals surface area contributed by atoms with E-state index in [0.717, 1.165) is 49.4 Å². The third kappa shape index (κ3) is 1.90. The molecule has 5 unspecified atom stereocenters. The van der Waals surface area contributed by atoms with Crippen LogP contribution in [0, 0.1) is 35.0 Å². The van der Waals surface area contributed by atoms with E-state index < -0.39 is 5.60 Å². The van der Waals surface area contributed by atoms with Crippen LogP contribution in [0.2, 0.25) is 0 Å². The van der Waals surface area contributed by atoms with Crippen molar-refractivity contribution in [3.05, 3.63) is 0 Å². The van der Waals surface area contributed by atoms with E-state index >= 15 is 0 Å². The molecule has 7 atom stereocenters. The molecule has 1 N–H and O–H groups in total. The van der Waals surface area contributed by atoms with E-state index in [1.165, 1.54) is 32.1 Å². The highest BCUT2D eigenvalue weighted by molar-refractivity contribution is 5.79. The van der Waals surface area contributed by atoms with Crippen LogP contribution in [0.15, 0.2) is 0 Å². The summed E-state index contributed by atoms with van der Waals surface area (Å²) in [4.78, 5) is 11.8. The monoisotopic (exact) mass is 290 g/mol. The summed E-state index contributed by atoms with van der Waals surface area (Å²) in [6.07, 6.45) is 10.2. The zero-order valence-electron chi connectivity index (χ0n) is 13.6. The van der Waals surface area contributed by atoms with Gasteiger partial charge < -0.3 is 5.11 Å². The minimum atomic E-state index is -0.456. The average molecular weight is 290 g/mol. The molecule has 118 valence electrons. The first-order valence-electron chi connectivity index (χ1n) is 9.16. The summed E-state index contributed by atoms with van der Waals surface area (Å²) in [5.74, 6) is 4.43. The Labute approximate surface area is 128 Å². The van der Waals surface area contributed by atoms with Crippen molar-refractivity contribution >= 4 is 5.78 Å². The third-order valence-corrected chi connectivity index (χ3v) is 8.33. The third-order valence-electron chi connectivity index (χ3n) is 8.33. The van der Waals surface area contributed by atoms with Crippen molar-refractivity contribution < 1.29 is 9.90 Å². The Hall–Kier alpha value is -0.370. The molecule has 4 rings (SSSR count). The van der Waals surface area contributed by atoms with Gasteiger partial charge in [-0.2, -0.15) is 0 Å². The van der Waals surface area contributed by atoms with Crippen LogP contribution in [0.5, 0.6) is 0 Å². The van der Waals surface area contributed by atoms with Gasteiger partial charge in [0.2, 0.25) is 0 Å². The lowest BCUT2D eigenvalue weighted by atomic mass is 9.49. The average Bonchev–Trinajstić information content (AvgIpc) is 2.69. The van der Waals surface area contributed by atoms with Gasteiger partial charge >= 0.3 is 0 Å². The molecule has 4 aliphatic rings. The Morgan fingerprint density at radius 2 is 1.76 bits per heavy atom. The Morgan fingerprint density at radius 3 is 2.57 bits per heavy atom. The summed E-state index contributed by atoms with van der Waals surface area (Å²) in [6.45, 7) is 4.44. The number of Topliss-reactive ketones (excluding diaryl/α,β-unsaturated/α-hetero) is 1. The molecule has 0 amide bonds. The fraction of sp³-hybridized carbons (Fsp3) is 0.947. The number of carbonyl (C=O) groups excluding carboxylic acids is 1. The molecule has 2 heteroatoms. The Kier molecular flexibility index (Phi) is 3.10. The first kappa shape index (κ1) is 14.2. The zero-order valence-corrected chi connectivity index (χ0v) is 13.6. The zero-order chi connectivity index (χ0) is 14.8. The van der Waals surface area contributed by atoms with E-state index in [4.69, 9.17) is 0 Å². The van der Waals surface area contributed by atoms with Gasteiger partial charge in [0.25, 0.3) is 0 Å². The van der Waals surface area contributed by atoms with Gasteiger partial charge in [0.05, 0.1) is 5.60 Å². The van der Waals surface area contributed by atoms with Gasteiger partial charge in [-0.05, 0) is 86.9 Å². The molecule has 0 radical (unpaired) electrons. The Balaban J connectivity index is 1.60. The molecular weight excluding hydrogens is 260 g/mol. The second kappa shape index (κ2) is 4.57.